The Kier molecular flexibility index (Phi) is 4.80. The Bertz CT molecular complexity index is 243. The van der Waals surface area contributed by atoms with E-state index in [1.807, 2.05) is 6.92 Å². The number of hydrogen-bond donors (Lipinski definition) is 2. The summed E-state index contributed by atoms with van der Waals surface area (Å²) >= 11 is 0. The van der Waals surface area contributed by atoms with Crippen molar-refractivity contribution >= 4 is 0 Å². The van der Waals surface area contributed by atoms with E-state index < -0.39 is 18.3 Å². The number of halogens is 3. The number of aliphatic hydroxyl groups is 1. The Hall–Kier alpha value is -0.330. The lowest BCUT2D eigenvalue weighted by Gasteiger charge is -2.34. The molecule has 3 nitrogen and oxygen atoms in total. The summed E-state index contributed by atoms with van der Waals surface area (Å²) in [6.07, 6.45) is -1.76. The third-order valence-electron chi connectivity index (χ3n) is 3.15. The maximum absolute atomic E-state index is 12.4. The van der Waals surface area contributed by atoms with Gasteiger partial charge in [0.05, 0.1) is 18.7 Å². The number of nitrogens with zero attached hydrogens (tertiary/aromatic N) is 1. The molecule has 0 radical (unpaired) electrons. The monoisotopic (exact) mass is 254 g/mol. The molecular weight excluding hydrogens is 233 g/mol. The molecule has 1 saturated carbocycles. The Morgan fingerprint density at radius 1 is 1.29 bits per heavy atom. The van der Waals surface area contributed by atoms with Gasteiger partial charge >= 0.3 is 6.18 Å². The highest BCUT2D eigenvalue weighted by molar-refractivity contribution is 5.00. The Balaban J connectivity index is 2.58. The SMILES string of the molecule is CCCN(CC(F)(F)F)CC(N)(CO)C1CC1. The van der Waals surface area contributed by atoms with E-state index >= 15 is 0 Å². The van der Waals surface area contributed by atoms with Gasteiger partial charge in [-0.1, -0.05) is 6.92 Å². The van der Waals surface area contributed by atoms with Gasteiger partial charge in [0.2, 0.25) is 0 Å². The molecule has 102 valence electrons. The van der Waals surface area contributed by atoms with Crippen LogP contribution in [-0.4, -0.2) is 48.0 Å². The first-order chi connectivity index (χ1) is 7.80. The molecule has 17 heavy (non-hydrogen) atoms. The molecule has 1 aliphatic rings. The third kappa shape index (κ3) is 4.81. The fraction of sp³-hybridized carbons (Fsp3) is 1.00. The molecule has 0 amide bonds. The van der Waals surface area contributed by atoms with Crippen molar-refractivity contribution in [2.45, 2.75) is 37.9 Å². The summed E-state index contributed by atoms with van der Waals surface area (Å²) in [5, 5.41) is 9.28. The average Bonchev–Trinajstić information content (AvgIpc) is 2.98. The lowest BCUT2D eigenvalue weighted by atomic mass is 9.94. The Morgan fingerprint density at radius 2 is 1.88 bits per heavy atom. The molecule has 3 N–H and O–H groups in total. The van der Waals surface area contributed by atoms with Gasteiger partial charge < -0.3 is 10.8 Å². The van der Waals surface area contributed by atoms with Crippen LogP contribution >= 0.6 is 0 Å². The van der Waals surface area contributed by atoms with E-state index in [0.717, 1.165) is 12.8 Å². The molecule has 6 heteroatoms. The minimum absolute atomic E-state index is 0.113. The highest BCUT2D eigenvalue weighted by Crippen LogP contribution is 2.38. The van der Waals surface area contributed by atoms with Crippen LogP contribution in [0.15, 0.2) is 0 Å². The zero-order valence-corrected chi connectivity index (χ0v) is 10.1. The molecule has 0 aromatic rings. The van der Waals surface area contributed by atoms with Crippen LogP contribution in [0.3, 0.4) is 0 Å². The van der Waals surface area contributed by atoms with Gasteiger partial charge in [0.15, 0.2) is 0 Å². The maximum atomic E-state index is 12.4. The second-order valence-electron chi connectivity index (χ2n) is 4.99. The van der Waals surface area contributed by atoms with Crippen LogP contribution in [0.4, 0.5) is 13.2 Å². The molecule has 1 fully saturated rings. The molecule has 0 spiro atoms. The van der Waals surface area contributed by atoms with E-state index in [-0.39, 0.29) is 19.1 Å². The van der Waals surface area contributed by atoms with Gasteiger partial charge in [0, 0.05) is 6.54 Å². The molecule has 0 aliphatic heterocycles. The van der Waals surface area contributed by atoms with Crippen molar-refractivity contribution in [3.63, 3.8) is 0 Å². The van der Waals surface area contributed by atoms with Gasteiger partial charge in [0.25, 0.3) is 0 Å². The van der Waals surface area contributed by atoms with Crippen LogP contribution in [0.5, 0.6) is 0 Å². The lowest BCUT2D eigenvalue weighted by Crippen LogP contribution is -2.56. The largest absolute Gasteiger partial charge is 0.401 e. The molecule has 1 aliphatic carbocycles. The highest BCUT2D eigenvalue weighted by atomic mass is 19.4. The number of alkyl halides is 3. The first kappa shape index (κ1) is 14.7. The van der Waals surface area contributed by atoms with E-state index in [9.17, 15) is 18.3 Å². The van der Waals surface area contributed by atoms with Crippen molar-refractivity contribution in [3.8, 4) is 0 Å². The second kappa shape index (κ2) is 5.54. The average molecular weight is 254 g/mol. The van der Waals surface area contributed by atoms with E-state index in [2.05, 4.69) is 0 Å². The van der Waals surface area contributed by atoms with Crippen LogP contribution in [0.2, 0.25) is 0 Å². The van der Waals surface area contributed by atoms with Crippen molar-refractivity contribution in [3.05, 3.63) is 0 Å². The second-order valence-corrected chi connectivity index (χ2v) is 4.99. The van der Waals surface area contributed by atoms with E-state index in [1.165, 1.54) is 4.90 Å². The third-order valence-corrected chi connectivity index (χ3v) is 3.15. The molecule has 0 aromatic carbocycles. The number of aliphatic hydroxyl groups excluding tert-OH is 1. The Morgan fingerprint density at radius 3 is 2.24 bits per heavy atom. The molecule has 1 rings (SSSR count). The van der Waals surface area contributed by atoms with E-state index in [1.54, 1.807) is 0 Å². The summed E-state index contributed by atoms with van der Waals surface area (Å²) in [7, 11) is 0. The fourth-order valence-corrected chi connectivity index (χ4v) is 2.17. The minimum Gasteiger partial charge on any atom is -0.394 e. The molecular formula is C11H21F3N2O. The van der Waals surface area contributed by atoms with Gasteiger partial charge in [-0.3, -0.25) is 4.90 Å². The Labute approximate surface area is 99.8 Å². The molecule has 0 bridgehead atoms. The van der Waals surface area contributed by atoms with Gasteiger partial charge in [-0.05, 0) is 31.7 Å². The quantitative estimate of drug-likeness (QED) is 0.721. The van der Waals surface area contributed by atoms with Gasteiger partial charge in [-0.25, -0.2) is 0 Å². The van der Waals surface area contributed by atoms with Crippen molar-refractivity contribution in [1.82, 2.24) is 4.90 Å². The molecule has 0 heterocycles. The number of nitrogens with two attached hydrogens (primary N) is 1. The first-order valence-corrected chi connectivity index (χ1v) is 5.99. The summed E-state index contributed by atoms with van der Waals surface area (Å²) in [6.45, 7) is 1.09. The van der Waals surface area contributed by atoms with E-state index in [0.29, 0.717) is 13.0 Å². The highest BCUT2D eigenvalue weighted by Gasteiger charge is 2.44. The normalized spacial score (nSPS) is 20.6. The summed E-state index contributed by atoms with van der Waals surface area (Å²) < 4.78 is 37.1. The maximum Gasteiger partial charge on any atom is 0.401 e. The van der Waals surface area contributed by atoms with E-state index in [4.69, 9.17) is 5.73 Å². The first-order valence-electron chi connectivity index (χ1n) is 5.99. The van der Waals surface area contributed by atoms with Crippen LogP contribution < -0.4 is 5.73 Å². The van der Waals surface area contributed by atoms with Gasteiger partial charge in [-0.2, -0.15) is 13.2 Å². The van der Waals surface area contributed by atoms with Crippen molar-refractivity contribution in [2.24, 2.45) is 11.7 Å². The van der Waals surface area contributed by atoms with Crippen LogP contribution in [0.1, 0.15) is 26.2 Å². The lowest BCUT2D eigenvalue weighted by molar-refractivity contribution is -0.148. The zero-order chi connectivity index (χ0) is 13.1. The summed E-state index contributed by atoms with van der Waals surface area (Å²) in [6, 6.07) is 0. The zero-order valence-electron chi connectivity index (χ0n) is 10.1. The number of hydrogen-bond acceptors (Lipinski definition) is 3. The van der Waals surface area contributed by atoms with Gasteiger partial charge in [-0.15, -0.1) is 0 Å². The predicted octanol–water partition coefficient (Wildman–Crippen LogP) is 1.36. The molecule has 1 unspecified atom stereocenters. The predicted molar refractivity (Wildman–Crippen MR) is 59.5 cm³/mol. The minimum atomic E-state index is -4.21. The smallest absolute Gasteiger partial charge is 0.394 e. The molecule has 0 saturated heterocycles. The van der Waals surface area contributed by atoms with Crippen molar-refractivity contribution < 1.29 is 18.3 Å². The van der Waals surface area contributed by atoms with Gasteiger partial charge in [0.1, 0.15) is 0 Å². The van der Waals surface area contributed by atoms with Crippen LogP contribution in [0.25, 0.3) is 0 Å². The molecule has 0 aromatic heterocycles. The number of rotatable bonds is 7. The van der Waals surface area contributed by atoms with Crippen molar-refractivity contribution in [2.75, 3.05) is 26.2 Å². The van der Waals surface area contributed by atoms with Crippen LogP contribution in [-0.2, 0) is 0 Å². The molecule has 1 atom stereocenters. The fourth-order valence-electron chi connectivity index (χ4n) is 2.17. The van der Waals surface area contributed by atoms with Crippen molar-refractivity contribution in [1.29, 1.82) is 0 Å². The summed E-state index contributed by atoms with van der Waals surface area (Å²) in [4.78, 5) is 1.30. The van der Waals surface area contributed by atoms with Crippen LogP contribution in [0, 0.1) is 5.92 Å². The summed E-state index contributed by atoms with van der Waals surface area (Å²) in [5.41, 5.74) is 5.12. The topological polar surface area (TPSA) is 49.5 Å². The summed E-state index contributed by atoms with van der Waals surface area (Å²) in [5.74, 6) is 0.167. The standard InChI is InChI=1S/C11H21F3N2O/c1-2-5-16(7-11(12,13)14)6-10(15,8-17)9-3-4-9/h9,17H,2-8,15H2,1H3.